The Kier molecular flexibility index (Phi) is 3.47. The highest BCUT2D eigenvalue weighted by Crippen LogP contribution is 2.21. The largest absolute Gasteiger partial charge is 0.351 e. The summed E-state index contributed by atoms with van der Waals surface area (Å²) in [6, 6.07) is 7.34. The maximum Gasteiger partial charge on any atom is 0.290 e. The molecule has 3 rings (SSSR count). The summed E-state index contributed by atoms with van der Waals surface area (Å²) in [4.78, 5) is 16.6. The van der Waals surface area contributed by atoms with Crippen molar-refractivity contribution in [3.8, 4) is 0 Å². The first kappa shape index (κ1) is 13.8. The fourth-order valence-electron chi connectivity index (χ4n) is 2.23. The zero-order chi connectivity index (χ0) is 14.9. The van der Waals surface area contributed by atoms with E-state index in [9.17, 15) is 4.79 Å². The maximum atomic E-state index is 12.3. The molecule has 1 fully saturated rings. The molecule has 2 aromatic heterocycles. The second kappa shape index (κ2) is 5.29. The molecule has 3 heterocycles. The molecule has 0 bridgehead atoms. The number of carbonyl (C=O) groups is 1. The molecule has 6 nitrogen and oxygen atoms in total. The van der Waals surface area contributed by atoms with E-state index in [1.54, 1.807) is 12.3 Å². The van der Waals surface area contributed by atoms with E-state index in [-0.39, 0.29) is 11.7 Å². The summed E-state index contributed by atoms with van der Waals surface area (Å²) >= 11 is 0. The SMILES string of the molecule is CC(C)(NC(=O)c1cc(C2CNC2)no1)c1ccccn1. The van der Waals surface area contributed by atoms with Gasteiger partial charge in [0, 0.05) is 31.3 Å². The van der Waals surface area contributed by atoms with Gasteiger partial charge >= 0.3 is 0 Å². The quantitative estimate of drug-likeness (QED) is 0.888. The van der Waals surface area contributed by atoms with Crippen molar-refractivity contribution in [2.24, 2.45) is 0 Å². The Hall–Kier alpha value is -2.21. The van der Waals surface area contributed by atoms with Gasteiger partial charge in [-0.25, -0.2) is 0 Å². The van der Waals surface area contributed by atoms with E-state index >= 15 is 0 Å². The van der Waals surface area contributed by atoms with Crippen molar-refractivity contribution >= 4 is 5.91 Å². The average Bonchev–Trinajstić information content (AvgIpc) is 2.87. The third-order valence-corrected chi connectivity index (χ3v) is 3.68. The Morgan fingerprint density at radius 3 is 2.86 bits per heavy atom. The fourth-order valence-corrected chi connectivity index (χ4v) is 2.23. The maximum absolute atomic E-state index is 12.3. The van der Waals surface area contributed by atoms with Crippen molar-refractivity contribution in [2.75, 3.05) is 13.1 Å². The van der Waals surface area contributed by atoms with E-state index in [2.05, 4.69) is 20.8 Å². The topological polar surface area (TPSA) is 80.0 Å². The van der Waals surface area contributed by atoms with Crippen LogP contribution in [0, 0.1) is 0 Å². The summed E-state index contributed by atoms with van der Waals surface area (Å²) in [7, 11) is 0. The van der Waals surface area contributed by atoms with Crippen molar-refractivity contribution in [3.05, 3.63) is 47.6 Å². The lowest BCUT2D eigenvalue weighted by Gasteiger charge is -2.25. The molecule has 0 radical (unpaired) electrons. The van der Waals surface area contributed by atoms with Crippen LogP contribution >= 0.6 is 0 Å². The van der Waals surface area contributed by atoms with Gasteiger partial charge < -0.3 is 15.2 Å². The van der Waals surface area contributed by atoms with Gasteiger partial charge in [-0.15, -0.1) is 0 Å². The van der Waals surface area contributed by atoms with Gasteiger partial charge in [0.1, 0.15) is 0 Å². The van der Waals surface area contributed by atoms with Gasteiger partial charge in [0.05, 0.1) is 16.9 Å². The lowest BCUT2D eigenvalue weighted by molar-refractivity contribution is 0.0872. The highest BCUT2D eigenvalue weighted by molar-refractivity contribution is 5.92. The van der Waals surface area contributed by atoms with E-state index in [4.69, 9.17) is 4.52 Å². The molecule has 21 heavy (non-hydrogen) atoms. The molecule has 110 valence electrons. The van der Waals surface area contributed by atoms with E-state index in [0.717, 1.165) is 24.5 Å². The van der Waals surface area contributed by atoms with Gasteiger partial charge in [-0.05, 0) is 26.0 Å². The summed E-state index contributed by atoms with van der Waals surface area (Å²) in [6.45, 7) is 5.57. The van der Waals surface area contributed by atoms with Crippen LogP contribution in [0.25, 0.3) is 0 Å². The number of hydrogen-bond donors (Lipinski definition) is 2. The van der Waals surface area contributed by atoms with Gasteiger partial charge in [0.25, 0.3) is 5.91 Å². The lowest BCUT2D eigenvalue weighted by atomic mass is 9.98. The van der Waals surface area contributed by atoms with Crippen molar-refractivity contribution in [3.63, 3.8) is 0 Å². The van der Waals surface area contributed by atoms with Gasteiger partial charge in [0.2, 0.25) is 5.76 Å². The number of nitrogens with zero attached hydrogens (tertiary/aromatic N) is 2. The predicted molar refractivity (Wildman–Crippen MR) is 76.8 cm³/mol. The third-order valence-electron chi connectivity index (χ3n) is 3.68. The lowest BCUT2D eigenvalue weighted by Crippen LogP contribution is -2.41. The Bertz CT molecular complexity index is 632. The van der Waals surface area contributed by atoms with E-state index in [1.165, 1.54) is 0 Å². The van der Waals surface area contributed by atoms with Crippen LogP contribution in [-0.2, 0) is 5.54 Å². The number of nitrogens with one attached hydrogen (secondary N) is 2. The van der Waals surface area contributed by atoms with Crippen LogP contribution in [0.3, 0.4) is 0 Å². The van der Waals surface area contributed by atoms with Crippen LogP contribution in [0.1, 0.15) is 41.7 Å². The molecule has 6 heteroatoms. The molecule has 1 aliphatic heterocycles. The fraction of sp³-hybridized carbons (Fsp3) is 0.400. The van der Waals surface area contributed by atoms with Crippen LogP contribution in [0.2, 0.25) is 0 Å². The zero-order valence-corrected chi connectivity index (χ0v) is 12.1. The number of carbonyl (C=O) groups excluding carboxylic acids is 1. The molecule has 0 saturated carbocycles. The smallest absolute Gasteiger partial charge is 0.290 e. The predicted octanol–water partition coefficient (Wildman–Crippen LogP) is 1.42. The normalized spacial score (nSPS) is 15.5. The first-order valence-electron chi connectivity index (χ1n) is 6.97. The molecule has 1 aliphatic rings. The summed E-state index contributed by atoms with van der Waals surface area (Å²) in [5.74, 6) is 0.302. The Morgan fingerprint density at radius 1 is 1.43 bits per heavy atom. The van der Waals surface area contributed by atoms with Crippen LogP contribution in [0.4, 0.5) is 0 Å². The number of hydrogen-bond acceptors (Lipinski definition) is 5. The van der Waals surface area contributed by atoms with Gasteiger partial charge in [-0.3, -0.25) is 9.78 Å². The van der Waals surface area contributed by atoms with E-state index < -0.39 is 5.54 Å². The zero-order valence-electron chi connectivity index (χ0n) is 12.1. The number of pyridine rings is 1. The van der Waals surface area contributed by atoms with Gasteiger partial charge in [-0.1, -0.05) is 11.2 Å². The first-order chi connectivity index (χ1) is 10.1. The second-order valence-corrected chi connectivity index (χ2v) is 5.77. The summed E-state index contributed by atoms with van der Waals surface area (Å²) in [5.41, 5.74) is 1.04. The molecule has 0 aromatic carbocycles. The number of rotatable bonds is 4. The molecule has 1 amide bonds. The van der Waals surface area contributed by atoms with E-state index in [1.807, 2.05) is 32.0 Å². The van der Waals surface area contributed by atoms with Gasteiger partial charge in [0.15, 0.2) is 0 Å². The molecule has 2 N–H and O–H groups in total. The Balaban J connectivity index is 1.72. The molecular formula is C15H18N4O2. The Labute approximate surface area is 122 Å². The standard InChI is InChI=1S/C15H18N4O2/c1-15(2,13-5-3-4-6-17-13)18-14(20)12-7-11(19-21-12)10-8-16-9-10/h3-7,10,16H,8-9H2,1-2H3,(H,18,20). The molecular weight excluding hydrogens is 268 g/mol. The monoisotopic (exact) mass is 286 g/mol. The van der Waals surface area contributed by atoms with Crippen molar-refractivity contribution < 1.29 is 9.32 Å². The van der Waals surface area contributed by atoms with E-state index in [0.29, 0.717) is 5.92 Å². The number of amides is 1. The number of aromatic nitrogens is 2. The highest BCUT2D eigenvalue weighted by atomic mass is 16.5. The molecule has 2 aromatic rings. The summed E-state index contributed by atoms with van der Waals surface area (Å²) in [6.07, 6.45) is 1.71. The molecule has 0 aliphatic carbocycles. The molecule has 0 unspecified atom stereocenters. The minimum atomic E-state index is -0.580. The molecule has 0 spiro atoms. The van der Waals surface area contributed by atoms with Crippen molar-refractivity contribution in [1.82, 2.24) is 20.8 Å². The summed E-state index contributed by atoms with van der Waals surface area (Å²) < 4.78 is 5.15. The third kappa shape index (κ3) is 2.80. The first-order valence-corrected chi connectivity index (χ1v) is 6.97. The van der Waals surface area contributed by atoms with Crippen LogP contribution < -0.4 is 10.6 Å². The Morgan fingerprint density at radius 2 is 2.24 bits per heavy atom. The van der Waals surface area contributed by atoms with Crippen LogP contribution in [-0.4, -0.2) is 29.1 Å². The van der Waals surface area contributed by atoms with Crippen molar-refractivity contribution in [2.45, 2.75) is 25.3 Å². The van der Waals surface area contributed by atoms with Crippen LogP contribution in [0.5, 0.6) is 0 Å². The molecule has 0 atom stereocenters. The van der Waals surface area contributed by atoms with Crippen LogP contribution in [0.15, 0.2) is 35.0 Å². The molecule has 1 saturated heterocycles. The highest BCUT2D eigenvalue weighted by Gasteiger charge is 2.28. The van der Waals surface area contributed by atoms with Gasteiger partial charge in [-0.2, -0.15) is 0 Å². The van der Waals surface area contributed by atoms with Crippen molar-refractivity contribution in [1.29, 1.82) is 0 Å². The summed E-state index contributed by atoms with van der Waals surface area (Å²) in [5, 5.41) is 10.1. The second-order valence-electron chi connectivity index (χ2n) is 5.77. The minimum Gasteiger partial charge on any atom is -0.351 e. The average molecular weight is 286 g/mol. The minimum absolute atomic E-state index is 0.237.